The normalized spacial score (nSPS) is 19.3. The van der Waals surface area contributed by atoms with E-state index < -0.39 is 0 Å². The molecule has 2 atom stereocenters. The van der Waals surface area contributed by atoms with Gasteiger partial charge in [-0.05, 0) is 33.1 Å². The van der Waals surface area contributed by atoms with Crippen LogP contribution < -0.4 is 10.6 Å². The van der Waals surface area contributed by atoms with Gasteiger partial charge in [-0.3, -0.25) is 9.48 Å². The zero-order valence-corrected chi connectivity index (χ0v) is 14.2. The highest BCUT2D eigenvalue weighted by Gasteiger charge is 2.22. The Bertz CT molecular complexity index is 542. The van der Waals surface area contributed by atoms with Crippen LogP contribution in [0.25, 0.3) is 0 Å². The summed E-state index contributed by atoms with van der Waals surface area (Å²) in [5.41, 5.74) is 0.945. The number of carbonyl (C=O) groups is 2. The van der Waals surface area contributed by atoms with Crippen molar-refractivity contribution in [2.24, 2.45) is 7.05 Å². The highest BCUT2D eigenvalue weighted by Crippen LogP contribution is 2.17. The minimum Gasteiger partial charge on any atom is -0.340 e. The number of amides is 3. The van der Waals surface area contributed by atoms with E-state index in [2.05, 4.69) is 22.7 Å². The zero-order valence-electron chi connectivity index (χ0n) is 14.2. The van der Waals surface area contributed by atoms with E-state index in [1.807, 2.05) is 25.1 Å². The molecular formula is C16H27N5O2. The SMILES string of the molecule is C[C@H](NC(=O)NCCC(=O)N1CCCC[C@H]1C)c1cnn(C)c1. The Hall–Kier alpha value is -2.05. The molecule has 1 saturated heterocycles. The lowest BCUT2D eigenvalue weighted by Gasteiger charge is -2.33. The highest BCUT2D eigenvalue weighted by atomic mass is 16.2. The van der Waals surface area contributed by atoms with Gasteiger partial charge in [-0.1, -0.05) is 0 Å². The second-order valence-electron chi connectivity index (χ2n) is 6.25. The predicted molar refractivity (Wildman–Crippen MR) is 87.8 cm³/mol. The average Bonchev–Trinajstić information content (AvgIpc) is 2.94. The van der Waals surface area contributed by atoms with Gasteiger partial charge in [-0.25, -0.2) is 4.79 Å². The molecule has 3 amide bonds. The van der Waals surface area contributed by atoms with Crippen LogP contribution in [0.1, 0.15) is 51.1 Å². The van der Waals surface area contributed by atoms with E-state index >= 15 is 0 Å². The molecule has 0 aromatic carbocycles. The Kier molecular flexibility index (Phi) is 6.01. The van der Waals surface area contributed by atoms with Gasteiger partial charge < -0.3 is 15.5 Å². The van der Waals surface area contributed by atoms with Crippen molar-refractivity contribution < 1.29 is 9.59 Å². The molecule has 23 heavy (non-hydrogen) atoms. The molecule has 2 heterocycles. The quantitative estimate of drug-likeness (QED) is 0.864. The minimum atomic E-state index is -0.263. The van der Waals surface area contributed by atoms with Gasteiger partial charge in [0, 0.05) is 44.4 Å². The van der Waals surface area contributed by atoms with E-state index in [0.29, 0.717) is 19.0 Å². The first-order chi connectivity index (χ1) is 11.0. The number of hydrogen-bond donors (Lipinski definition) is 2. The molecule has 0 spiro atoms. The van der Waals surface area contributed by atoms with Crippen LogP contribution in [0.2, 0.25) is 0 Å². The fourth-order valence-corrected chi connectivity index (χ4v) is 2.89. The first-order valence-electron chi connectivity index (χ1n) is 8.29. The zero-order chi connectivity index (χ0) is 16.8. The summed E-state index contributed by atoms with van der Waals surface area (Å²) in [6.45, 7) is 5.18. The molecule has 7 nitrogen and oxygen atoms in total. The van der Waals surface area contributed by atoms with Gasteiger partial charge in [0.1, 0.15) is 0 Å². The van der Waals surface area contributed by atoms with Crippen molar-refractivity contribution in [1.82, 2.24) is 25.3 Å². The fourth-order valence-electron chi connectivity index (χ4n) is 2.89. The predicted octanol–water partition coefficient (Wildman–Crippen LogP) is 1.57. The van der Waals surface area contributed by atoms with Crippen LogP contribution in [0.15, 0.2) is 12.4 Å². The maximum absolute atomic E-state index is 12.2. The van der Waals surface area contributed by atoms with Crippen molar-refractivity contribution in [3.05, 3.63) is 18.0 Å². The number of piperidine rings is 1. The van der Waals surface area contributed by atoms with Gasteiger partial charge in [-0.2, -0.15) is 5.10 Å². The third-order valence-electron chi connectivity index (χ3n) is 4.32. The minimum absolute atomic E-state index is 0.123. The number of aryl methyl sites for hydroxylation is 1. The van der Waals surface area contributed by atoms with Gasteiger partial charge >= 0.3 is 6.03 Å². The van der Waals surface area contributed by atoms with Crippen LogP contribution in [0.5, 0.6) is 0 Å². The Balaban J connectivity index is 1.69. The summed E-state index contributed by atoms with van der Waals surface area (Å²) in [4.78, 5) is 26.0. The third kappa shape index (κ3) is 4.97. The third-order valence-corrected chi connectivity index (χ3v) is 4.32. The lowest BCUT2D eigenvalue weighted by molar-refractivity contribution is -0.134. The van der Waals surface area contributed by atoms with E-state index in [1.54, 1.807) is 10.9 Å². The number of nitrogens with zero attached hydrogens (tertiary/aromatic N) is 3. The summed E-state index contributed by atoms with van der Waals surface area (Å²) < 4.78 is 1.70. The first kappa shape index (κ1) is 17.3. The van der Waals surface area contributed by atoms with Crippen LogP contribution in [0, 0.1) is 0 Å². The van der Waals surface area contributed by atoms with Crippen molar-refractivity contribution >= 4 is 11.9 Å². The molecule has 0 unspecified atom stereocenters. The smallest absolute Gasteiger partial charge is 0.315 e. The Morgan fingerprint density at radius 1 is 1.43 bits per heavy atom. The number of nitrogens with one attached hydrogen (secondary N) is 2. The second kappa shape index (κ2) is 7.99. The number of carbonyl (C=O) groups excluding carboxylic acids is 2. The largest absolute Gasteiger partial charge is 0.340 e. The molecule has 1 aliphatic rings. The van der Waals surface area contributed by atoms with E-state index in [9.17, 15) is 9.59 Å². The molecule has 1 aromatic heterocycles. The van der Waals surface area contributed by atoms with E-state index in [-0.39, 0.29) is 18.0 Å². The van der Waals surface area contributed by atoms with Gasteiger partial charge in [0.15, 0.2) is 0 Å². The van der Waals surface area contributed by atoms with Crippen molar-refractivity contribution in [2.75, 3.05) is 13.1 Å². The van der Waals surface area contributed by atoms with E-state index in [1.165, 1.54) is 6.42 Å². The Labute approximate surface area is 137 Å². The summed E-state index contributed by atoms with van der Waals surface area (Å²) in [5, 5.41) is 9.68. The Morgan fingerprint density at radius 2 is 2.22 bits per heavy atom. The average molecular weight is 321 g/mol. The molecule has 2 N–H and O–H groups in total. The Morgan fingerprint density at radius 3 is 2.87 bits per heavy atom. The van der Waals surface area contributed by atoms with Crippen LogP contribution >= 0.6 is 0 Å². The summed E-state index contributed by atoms with van der Waals surface area (Å²) in [6.07, 6.45) is 7.28. The summed E-state index contributed by atoms with van der Waals surface area (Å²) in [6, 6.07) is -0.0713. The molecule has 0 bridgehead atoms. The number of likely N-dealkylation sites (tertiary alicyclic amines) is 1. The topological polar surface area (TPSA) is 79.3 Å². The first-order valence-corrected chi connectivity index (χ1v) is 8.29. The standard InChI is InChI=1S/C16H27N5O2/c1-12-6-4-5-9-21(12)15(22)7-8-17-16(23)19-13(2)14-10-18-20(3)11-14/h10-13H,4-9H2,1-3H3,(H2,17,19,23)/t12-,13+/m1/s1. The molecule has 7 heteroatoms. The van der Waals surface area contributed by atoms with E-state index in [4.69, 9.17) is 0 Å². The van der Waals surface area contributed by atoms with Gasteiger partial charge in [0.25, 0.3) is 0 Å². The fraction of sp³-hybridized carbons (Fsp3) is 0.688. The number of hydrogen-bond acceptors (Lipinski definition) is 3. The van der Waals surface area contributed by atoms with Crippen LogP contribution in [0.4, 0.5) is 4.79 Å². The monoisotopic (exact) mass is 321 g/mol. The van der Waals surface area contributed by atoms with Gasteiger partial charge in [-0.15, -0.1) is 0 Å². The molecule has 1 aromatic rings. The lowest BCUT2D eigenvalue weighted by atomic mass is 10.0. The van der Waals surface area contributed by atoms with Crippen LogP contribution in [0.3, 0.4) is 0 Å². The number of aromatic nitrogens is 2. The molecule has 128 valence electrons. The summed E-state index contributed by atoms with van der Waals surface area (Å²) >= 11 is 0. The molecule has 0 aliphatic carbocycles. The van der Waals surface area contributed by atoms with Crippen molar-refractivity contribution in [1.29, 1.82) is 0 Å². The summed E-state index contributed by atoms with van der Waals surface area (Å²) in [7, 11) is 1.84. The molecule has 0 radical (unpaired) electrons. The summed E-state index contributed by atoms with van der Waals surface area (Å²) in [5.74, 6) is 0.123. The second-order valence-corrected chi connectivity index (χ2v) is 6.25. The van der Waals surface area contributed by atoms with E-state index in [0.717, 1.165) is 24.9 Å². The maximum atomic E-state index is 12.2. The molecule has 2 rings (SSSR count). The highest BCUT2D eigenvalue weighted by molar-refractivity contribution is 5.78. The van der Waals surface area contributed by atoms with Gasteiger partial charge in [0.2, 0.25) is 5.91 Å². The van der Waals surface area contributed by atoms with Gasteiger partial charge in [0.05, 0.1) is 12.2 Å². The van der Waals surface area contributed by atoms with Crippen molar-refractivity contribution in [3.8, 4) is 0 Å². The van der Waals surface area contributed by atoms with Crippen LogP contribution in [-0.4, -0.2) is 45.8 Å². The molecular weight excluding hydrogens is 294 g/mol. The number of rotatable bonds is 5. The number of urea groups is 1. The lowest BCUT2D eigenvalue weighted by Crippen LogP contribution is -2.44. The van der Waals surface area contributed by atoms with Crippen molar-refractivity contribution in [3.63, 3.8) is 0 Å². The maximum Gasteiger partial charge on any atom is 0.315 e. The van der Waals surface area contributed by atoms with Crippen molar-refractivity contribution in [2.45, 2.75) is 51.6 Å². The van der Waals surface area contributed by atoms with Crippen LogP contribution in [-0.2, 0) is 11.8 Å². The molecule has 1 aliphatic heterocycles. The molecule has 0 saturated carbocycles. The molecule has 1 fully saturated rings.